The number of carbonyl (C=O) groups is 3. The fraction of sp³-hybridized carbons (Fsp3) is 0.588. The second-order valence-corrected chi connectivity index (χ2v) is 12.3. The first-order valence-corrected chi connectivity index (χ1v) is 15.5. The third-order valence-electron chi connectivity index (χ3n) is 8.64. The van der Waals surface area contributed by atoms with Crippen molar-refractivity contribution in [1.29, 1.82) is 0 Å². The van der Waals surface area contributed by atoms with Gasteiger partial charge in [0, 0.05) is 18.9 Å². The number of oxime groups is 1. The van der Waals surface area contributed by atoms with Crippen molar-refractivity contribution in [2.24, 2.45) is 22.9 Å². The highest BCUT2D eigenvalue weighted by Crippen LogP contribution is 2.46. The molecule has 248 valence electrons. The number of fused-ring (bicyclic) bond motifs is 2. The van der Waals surface area contributed by atoms with Gasteiger partial charge < -0.3 is 34.0 Å². The molecule has 0 amide bonds. The van der Waals surface area contributed by atoms with Crippen molar-refractivity contribution < 1.29 is 48.4 Å². The fourth-order valence-electron chi connectivity index (χ4n) is 6.11. The predicted molar refractivity (Wildman–Crippen MR) is 167 cm³/mol. The van der Waals surface area contributed by atoms with Crippen LogP contribution in [0.5, 0.6) is 0 Å². The van der Waals surface area contributed by atoms with Gasteiger partial charge in [-0.3, -0.25) is 4.79 Å². The summed E-state index contributed by atoms with van der Waals surface area (Å²) in [6.45, 7) is 13.3. The maximum Gasteiger partial charge on any atom is 0.398 e. The zero-order chi connectivity index (χ0) is 33.4. The van der Waals surface area contributed by atoms with E-state index in [-0.39, 0.29) is 37.0 Å². The first kappa shape index (κ1) is 35.9. The molecule has 2 heterocycles. The minimum atomic E-state index is -2.24. The largest absolute Gasteiger partial charge is 0.475 e. The smallest absolute Gasteiger partial charge is 0.398 e. The first-order chi connectivity index (χ1) is 21.3. The molecular weight excluding hydrogens is 582 g/mol. The van der Waals surface area contributed by atoms with Crippen molar-refractivity contribution in [3.8, 4) is 0 Å². The van der Waals surface area contributed by atoms with E-state index < -0.39 is 47.6 Å². The average Bonchev–Trinajstić information content (AvgIpc) is 3.19. The Labute approximate surface area is 265 Å². The van der Waals surface area contributed by atoms with Crippen molar-refractivity contribution in [1.82, 2.24) is 0 Å². The molecule has 3 N–H and O–H groups in total. The second-order valence-electron chi connectivity index (χ2n) is 12.3. The van der Waals surface area contributed by atoms with Crippen LogP contribution >= 0.6 is 0 Å². The molecule has 0 radical (unpaired) electrons. The van der Waals surface area contributed by atoms with Gasteiger partial charge in [0.15, 0.2) is 5.71 Å². The molecule has 0 saturated carbocycles. The summed E-state index contributed by atoms with van der Waals surface area (Å²) in [7, 11) is 1.24. The lowest BCUT2D eigenvalue weighted by Crippen LogP contribution is -2.62. The lowest BCUT2D eigenvalue weighted by atomic mass is 9.87. The molecule has 3 rings (SSSR count). The molecule has 8 atom stereocenters. The van der Waals surface area contributed by atoms with Gasteiger partial charge in [-0.25, -0.2) is 9.59 Å². The number of aliphatic hydroxyl groups excluding tert-OH is 1. The molecule has 45 heavy (non-hydrogen) atoms. The van der Waals surface area contributed by atoms with Gasteiger partial charge in [0.25, 0.3) is 0 Å². The number of nitrogens with zero attached hydrogens (tertiary/aromatic N) is 1. The summed E-state index contributed by atoms with van der Waals surface area (Å²) in [5.74, 6) is -4.12. The molecular formula is C34H48NO10+. The number of rotatable bonds is 16. The van der Waals surface area contributed by atoms with Crippen LogP contribution in [0.1, 0.15) is 65.9 Å². The minimum absolute atomic E-state index is 0.0199. The summed E-state index contributed by atoms with van der Waals surface area (Å²) in [5.41, 5.74) is -0.777. The highest BCUT2D eigenvalue weighted by atomic mass is 16.8. The van der Waals surface area contributed by atoms with E-state index >= 15 is 0 Å². The number of ether oxygens (including phenoxy) is 4. The molecule has 0 aromatic heterocycles. The SMILES string of the molecule is C=C(CCC12OC/C(=N\OC)C(C(=O)O)([OH+]1)[C@H](OC(=O)/C=C/[C@@H](C)C[C@@H](C)CC)[C@H]2O)[C@@H](OC(C)=O)[C@H](C)Cc1ccccc1. The van der Waals surface area contributed by atoms with Gasteiger partial charge in [-0.05, 0) is 42.2 Å². The number of hydrogen-bond acceptors (Lipinski definition) is 9. The van der Waals surface area contributed by atoms with Gasteiger partial charge in [-0.15, -0.1) is 0 Å². The summed E-state index contributed by atoms with van der Waals surface area (Å²) in [6.07, 6.45) is 1.62. The third kappa shape index (κ3) is 8.39. The molecule has 0 aliphatic carbocycles. The van der Waals surface area contributed by atoms with Gasteiger partial charge in [-0.2, -0.15) is 0 Å². The Morgan fingerprint density at radius 3 is 2.51 bits per heavy atom. The lowest BCUT2D eigenvalue weighted by Gasteiger charge is -2.35. The molecule has 2 unspecified atom stereocenters. The van der Waals surface area contributed by atoms with Crippen molar-refractivity contribution in [2.45, 2.75) is 96.4 Å². The molecule has 2 aliphatic heterocycles. The number of benzene rings is 1. The normalized spacial score (nSPS) is 27.8. The zero-order valence-corrected chi connectivity index (χ0v) is 27.1. The van der Waals surface area contributed by atoms with E-state index in [1.165, 1.54) is 20.1 Å². The Kier molecular flexibility index (Phi) is 12.5. The number of aliphatic carboxylic acids is 1. The van der Waals surface area contributed by atoms with Crippen molar-refractivity contribution >= 4 is 23.6 Å². The molecule has 11 heteroatoms. The third-order valence-corrected chi connectivity index (χ3v) is 8.64. The van der Waals surface area contributed by atoms with Crippen LogP contribution in [-0.2, 0) is 39.9 Å². The number of carboxylic acid groups (broad SMARTS) is 1. The number of carbonyl (C=O) groups excluding carboxylic acids is 2. The van der Waals surface area contributed by atoms with Gasteiger partial charge in [0.05, 0.1) is 6.42 Å². The Morgan fingerprint density at radius 1 is 1.22 bits per heavy atom. The Hall–Kier alpha value is -3.54. The quantitative estimate of drug-likeness (QED) is 0.0902. The van der Waals surface area contributed by atoms with Crippen LogP contribution in [0.15, 0.2) is 59.8 Å². The van der Waals surface area contributed by atoms with E-state index in [1.54, 1.807) is 6.08 Å². The zero-order valence-electron chi connectivity index (χ0n) is 27.1. The minimum Gasteiger partial charge on any atom is -0.475 e. The highest BCUT2D eigenvalue weighted by molar-refractivity contribution is 6.12. The standard InChI is InChI=1S/C34H47NO10/c1-8-21(2)18-22(3)14-15-28(37)44-31-30(38)33(42-20-27(35-41-7)34(31,45-33)32(39)40)17-16-23(4)29(43-25(6)36)24(5)19-26-12-10-9-11-13-26/h9-15,21-22,24,29-31,38H,4,8,16-20H2,1-3,5-7H3,(H,39,40)/p+1/b15-14+,35-27+/t21-,22+,24+,29+,30+,31+,33?,34?/m0/s1. The van der Waals surface area contributed by atoms with Crippen LogP contribution < -0.4 is 0 Å². The maximum atomic E-state index is 13.0. The van der Waals surface area contributed by atoms with Gasteiger partial charge >= 0.3 is 29.3 Å². The fourth-order valence-corrected chi connectivity index (χ4v) is 6.11. The van der Waals surface area contributed by atoms with Gasteiger partial charge in [0.2, 0.25) is 12.2 Å². The summed E-state index contributed by atoms with van der Waals surface area (Å²) in [6, 6.07) is 9.76. The Balaban J connectivity index is 1.85. The second kappa shape index (κ2) is 15.6. The van der Waals surface area contributed by atoms with Crippen molar-refractivity contribution in [3.63, 3.8) is 0 Å². The van der Waals surface area contributed by atoms with Crippen LogP contribution in [0.4, 0.5) is 0 Å². The summed E-state index contributed by atoms with van der Waals surface area (Å²) in [5, 5.41) is 25.9. The number of aliphatic hydroxyl groups is 3. The monoisotopic (exact) mass is 630 g/mol. The molecule has 2 aliphatic rings. The summed E-state index contributed by atoms with van der Waals surface area (Å²) < 4.78 is 21.8. The van der Waals surface area contributed by atoms with Crippen LogP contribution in [0.25, 0.3) is 0 Å². The number of hydrogen-bond donors (Lipinski definition) is 2. The average molecular weight is 631 g/mol. The summed E-state index contributed by atoms with van der Waals surface area (Å²) in [4.78, 5) is 42.8. The molecule has 2 fully saturated rings. The number of carboxylic acids is 1. The Morgan fingerprint density at radius 2 is 1.91 bits per heavy atom. The number of esters is 2. The van der Waals surface area contributed by atoms with Crippen LogP contribution in [0, 0.1) is 17.8 Å². The highest BCUT2D eigenvalue weighted by Gasteiger charge is 2.79. The van der Waals surface area contributed by atoms with Crippen LogP contribution in [0.3, 0.4) is 0 Å². The topological polar surface area (TPSA) is 154 Å². The van der Waals surface area contributed by atoms with E-state index in [1.807, 2.05) is 44.2 Å². The lowest BCUT2D eigenvalue weighted by molar-refractivity contribution is -0.358. The molecule has 1 aromatic carbocycles. The van der Waals surface area contributed by atoms with Crippen LogP contribution in [0.2, 0.25) is 0 Å². The van der Waals surface area contributed by atoms with Crippen LogP contribution in [-0.4, -0.2) is 82.0 Å². The molecule has 11 nitrogen and oxygen atoms in total. The summed E-state index contributed by atoms with van der Waals surface area (Å²) >= 11 is 0. The van der Waals surface area contributed by atoms with Gasteiger partial charge in [-0.1, -0.05) is 82.3 Å². The van der Waals surface area contributed by atoms with E-state index in [2.05, 4.69) is 30.3 Å². The predicted octanol–water partition coefficient (Wildman–Crippen LogP) is 4.13. The maximum absolute atomic E-state index is 13.0. The van der Waals surface area contributed by atoms with E-state index in [0.717, 1.165) is 18.4 Å². The molecule has 2 saturated heterocycles. The van der Waals surface area contributed by atoms with Gasteiger partial charge in [0.1, 0.15) is 19.8 Å². The Bertz CT molecular complexity index is 1260. The van der Waals surface area contributed by atoms with E-state index in [0.29, 0.717) is 17.9 Å². The molecule has 0 spiro atoms. The van der Waals surface area contributed by atoms with E-state index in [4.69, 9.17) is 19.0 Å². The van der Waals surface area contributed by atoms with Crippen molar-refractivity contribution in [2.75, 3.05) is 13.7 Å². The molecule has 2 bridgehead atoms. The molecule has 1 aromatic rings. The van der Waals surface area contributed by atoms with Crippen molar-refractivity contribution in [3.05, 3.63) is 60.2 Å². The first-order valence-electron chi connectivity index (χ1n) is 15.5. The van der Waals surface area contributed by atoms with E-state index in [9.17, 15) is 24.6 Å². The number of allylic oxidation sites excluding steroid dienone is 1.